The second kappa shape index (κ2) is 22.1. The lowest BCUT2D eigenvalue weighted by atomic mass is 9.12. The molecule has 0 saturated heterocycles. The molecule has 0 atom stereocenters. The van der Waals surface area contributed by atoms with Gasteiger partial charge < -0.3 is 0 Å². The largest absolute Gasteiger partial charge is 0.416 e. The maximum Gasteiger partial charge on any atom is 0.416 e. The number of carbonyl (C=O) groups excluding carboxylic acids is 2. The van der Waals surface area contributed by atoms with Gasteiger partial charge in [0, 0.05) is 11.5 Å². The Morgan fingerprint density at radius 1 is 0.425 bits per heavy atom. The zero-order valence-corrected chi connectivity index (χ0v) is 39.7. The van der Waals surface area contributed by atoms with E-state index < -0.39 is 195 Å². The van der Waals surface area contributed by atoms with E-state index in [1.54, 1.807) is 35.3 Å². The van der Waals surface area contributed by atoms with E-state index >= 15 is 0 Å². The number of hydrogen-bond donors (Lipinski definition) is 0. The Balaban J connectivity index is 0.000000370. The minimum atomic E-state index is -6.13. The first-order valence-electron chi connectivity index (χ1n) is 22.8. The van der Waals surface area contributed by atoms with Crippen LogP contribution in [-0.4, -0.2) is 22.7 Å². The van der Waals surface area contributed by atoms with Gasteiger partial charge in [-0.15, -0.1) is 0 Å². The van der Waals surface area contributed by atoms with Crippen molar-refractivity contribution in [1.29, 1.82) is 0 Å². The number of alkyl halides is 24. The van der Waals surface area contributed by atoms with Crippen LogP contribution in [0.3, 0.4) is 0 Å². The lowest BCUT2D eigenvalue weighted by Crippen LogP contribution is -2.75. The van der Waals surface area contributed by atoms with Gasteiger partial charge in [0.05, 0.1) is 50.7 Å². The van der Waals surface area contributed by atoms with Crippen molar-refractivity contribution >= 4 is 39.6 Å². The lowest BCUT2D eigenvalue weighted by molar-refractivity contribution is -0.685. The van der Waals surface area contributed by atoms with Gasteiger partial charge >= 0.3 is 49.4 Å². The van der Waals surface area contributed by atoms with E-state index in [-0.39, 0.29) is 24.0 Å². The average Bonchev–Trinajstić information content (AvgIpc) is 3.35. The van der Waals surface area contributed by atoms with E-state index in [0.29, 0.717) is 11.3 Å². The van der Waals surface area contributed by atoms with Crippen molar-refractivity contribution in [3.05, 3.63) is 177 Å². The normalized spacial score (nSPS) is 14.6. The smallest absolute Gasteiger partial charge is 0.287 e. The molecule has 80 heavy (non-hydrogen) atoms. The summed E-state index contributed by atoms with van der Waals surface area (Å²) in [5.41, 5.74) is -29.0. The molecule has 0 N–H and O–H groups in total. The zero-order chi connectivity index (χ0) is 60.0. The minimum absolute atomic E-state index is 0.000468. The summed E-state index contributed by atoms with van der Waals surface area (Å²) in [6.07, 6.45) is -44.6. The maximum atomic E-state index is 14.2. The van der Waals surface area contributed by atoms with E-state index in [1.165, 1.54) is 6.42 Å². The SMILES string of the molecule is FC(F)(F)c1cc([B-](c2cc(C(F)(F)F)cc(C(F)(F)F)c2)(c2cc(C(F)(F)F)cc(C(F)(F)F)c2)c2cc(C(F)(F)F)cc(C(F)(F)F)c2)cc(C(F)(F)F)c1.O=C(C[n+]1ccncc1C(=O)C1CCCCC1)c1ccccc1. The molecule has 0 amide bonds. The molecule has 7 rings (SSSR count). The Morgan fingerprint density at radius 3 is 0.988 bits per heavy atom. The third-order valence-corrected chi connectivity index (χ3v) is 12.9. The third-order valence-electron chi connectivity index (χ3n) is 12.9. The van der Waals surface area contributed by atoms with E-state index in [0.717, 1.165) is 25.7 Å². The molecule has 0 aliphatic heterocycles. The van der Waals surface area contributed by atoms with E-state index in [2.05, 4.69) is 4.98 Å². The van der Waals surface area contributed by atoms with Gasteiger partial charge in [-0.3, -0.25) is 14.6 Å². The van der Waals surface area contributed by atoms with Crippen LogP contribution in [0.2, 0.25) is 0 Å². The van der Waals surface area contributed by atoms with Gasteiger partial charge in [-0.2, -0.15) is 132 Å². The van der Waals surface area contributed by atoms with E-state index in [9.17, 15) is 115 Å². The Morgan fingerprint density at radius 2 is 0.713 bits per heavy atom. The van der Waals surface area contributed by atoms with Crippen LogP contribution in [0.15, 0.2) is 122 Å². The monoisotopic (exact) mass is 1170 g/mol. The van der Waals surface area contributed by atoms with Crippen LogP contribution in [0, 0.1) is 5.92 Å². The summed E-state index contributed by atoms with van der Waals surface area (Å²) in [4.78, 5) is 29.3. The lowest BCUT2D eigenvalue weighted by Gasteiger charge is -2.46. The number of benzene rings is 5. The predicted octanol–water partition coefficient (Wildman–Crippen LogP) is 14.2. The fourth-order valence-electron chi connectivity index (χ4n) is 9.24. The van der Waals surface area contributed by atoms with Gasteiger partial charge in [-0.05, 0) is 37.1 Å². The summed E-state index contributed by atoms with van der Waals surface area (Å²) in [7, 11) is 0. The highest BCUT2D eigenvalue weighted by molar-refractivity contribution is 7.20. The van der Waals surface area contributed by atoms with E-state index in [1.807, 2.05) is 18.2 Å². The first-order valence-corrected chi connectivity index (χ1v) is 22.8. The van der Waals surface area contributed by atoms with Crippen molar-refractivity contribution in [2.24, 2.45) is 5.92 Å². The molecule has 1 heterocycles. The highest BCUT2D eigenvalue weighted by Crippen LogP contribution is 2.41. The van der Waals surface area contributed by atoms with Crippen molar-refractivity contribution in [1.82, 2.24) is 4.98 Å². The molecule has 0 bridgehead atoms. The molecule has 1 fully saturated rings. The van der Waals surface area contributed by atoms with Crippen LogP contribution in [0.25, 0.3) is 0 Å². The van der Waals surface area contributed by atoms with Crippen LogP contribution in [-0.2, 0) is 56.0 Å². The van der Waals surface area contributed by atoms with Crippen molar-refractivity contribution in [2.45, 2.75) is 88.1 Å². The van der Waals surface area contributed by atoms with Crippen LogP contribution in [0.4, 0.5) is 105 Å². The average molecular weight is 1170 g/mol. The second-order valence-corrected chi connectivity index (χ2v) is 18.3. The molecule has 0 radical (unpaired) electrons. The number of ketones is 2. The van der Waals surface area contributed by atoms with Gasteiger partial charge in [0.2, 0.25) is 18.1 Å². The standard InChI is InChI=1S/C32H12BF24.C19H21N2O2/c34-25(35,36)13-1-14(26(37,38)39)6-21(5-13)33(22-7-15(27(40,41)42)2-16(8-22)28(43,44)45,23-9-17(29(46,47)48)3-18(10-23)30(49,50)51)24-11-19(31(52,53)54)4-20(12-24)32(55,56)57;22-18(15-7-3-1-4-8-15)14-21-12-11-20-13-17(21)19(23)16-9-5-2-6-10-16/h1-12H;1,3-4,7-8,11-13,16H,2,5-6,9-10,14H2/q-1;+1. The molecule has 29 heteroatoms. The molecular weight excluding hydrogens is 1140 g/mol. The molecule has 430 valence electrons. The Kier molecular flexibility index (Phi) is 17.2. The van der Waals surface area contributed by atoms with Crippen LogP contribution in [0.1, 0.15) is 97.5 Å². The number of nitrogens with zero attached hydrogens (tertiary/aromatic N) is 2. The quantitative estimate of drug-likeness (QED) is 0.0627. The molecule has 1 aromatic heterocycles. The summed E-state index contributed by atoms with van der Waals surface area (Å²) in [5, 5.41) is 0. The third kappa shape index (κ3) is 14.3. The number of Topliss-reactive ketones (excluding diaryl/α,β-unsaturated/α-hetero) is 2. The highest BCUT2D eigenvalue weighted by atomic mass is 19.4. The summed E-state index contributed by atoms with van der Waals surface area (Å²) >= 11 is 0. The fraction of sp³-hybridized carbons (Fsp3) is 0.294. The fourth-order valence-corrected chi connectivity index (χ4v) is 9.24. The molecule has 1 aliphatic rings. The molecule has 0 unspecified atom stereocenters. The Hall–Kier alpha value is -7.10. The molecule has 6 aromatic rings. The zero-order valence-electron chi connectivity index (χ0n) is 39.7. The highest BCUT2D eigenvalue weighted by Gasteiger charge is 2.47. The molecule has 0 spiro atoms. The maximum absolute atomic E-state index is 14.2. The van der Waals surface area contributed by atoms with Crippen molar-refractivity contribution in [3.8, 4) is 0 Å². The molecule has 4 nitrogen and oxygen atoms in total. The van der Waals surface area contributed by atoms with Crippen molar-refractivity contribution in [3.63, 3.8) is 0 Å². The second-order valence-electron chi connectivity index (χ2n) is 18.3. The number of rotatable bonds is 9. The number of aromatic nitrogens is 2. The predicted molar refractivity (Wildman–Crippen MR) is 236 cm³/mol. The van der Waals surface area contributed by atoms with Gasteiger partial charge in [0.1, 0.15) is 12.3 Å². The van der Waals surface area contributed by atoms with Gasteiger partial charge in [0.25, 0.3) is 5.69 Å². The first kappa shape index (κ1) is 62.1. The molecule has 1 saturated carbocycles. The summed E-state index contributed by atoms with van der Waals surface area (Å²) in [5.74, 6) is 0.198. The first-order chi connectivity index (χ1) is 36.5. The van der Waals surface area contributed by atoms with Gasteiger partial charge in [-0.1, -0.05) is 98.1 Å². The summed E-state index contributed by atoms with van der Waals surface area (Å²) < 4.78 is 343. The summed E-state index contributed by atoms with van der Waals surface area (Å²) in [6, 6.07) is 0.361. The van der Waals surface area contributed by atoms with Gasteiger partial charge in [-0.25, -0.2) is 0 Å². The number of halogens is 24. The minimum Gasteiger partial charge on any atom is -0.287 e. The Labute approximate surface area is 435 Å². The van der Waals surface area contributed by atoms with Crippen molar-refractivity contribution < 1.29 is 120 Å². The summed E-state index contributed by atoms with van der Waals surface area (Å²) in [6.45, 7) is 0.167. The number of carbonyl (C=O) groups is 2. The molecule has 5 aromatic carbocycles. The van der Waals surface area contributed by atoms with Crippen molar-refractivity contribution in [2.75, 3.05) is 0 Å². The van der Waals surface area contributed by atoms with Crippen LogP contribution >= 0.6 is 0 Å². The van der Waals surface area contributed by atoms with Crippen LogP contribution in [0.5, 0.6) is 0 Å². The van der Waals surface area contributed by atoms with Crippen LogP contribution < -0.4 is 26.4 Å². The Bertz CT molecular complexity index is 2780. The van der Waals surface area contributed by atoms with E-state index in [4.69, 9.17) is 0 Å². The molecule has 1 aliphatic carbocycles. The van der Waals surface area contributed by atoms with Gasteiger partial charge in [0.15, 0.2) is 6.20 Å². The number of hydrogen-bond acceptors (Lipinski definition) is 3. The topological polar surface area (TPSA) is 50.9 Å². The molecular formula is C51H33BF24N2O2.